The second-order valence-electron chi connectivity index (χ2n) is 10.4. The van der Waals surface area contributed by atoms with E-state index in [1.165, 1.54) is 17.3 Å². The Labute approximate surface area is 184 Å². The fourth-order valence-electron chi connectivity index (χ4n) is 7.16. The van der Waals surface area contributed by atoms with Gasteiger partial charge in [0.25, 0.3) is 0 Å². The van der Waals surface area contributed by atoms with Crippen molar-refractivity contribution in [3.8, 4) is 0 Å². The Morgan fingerprint density at radius 3 is 2.77 bits per heavy atom. The van der Waals surface area contributed by atoms with E-state index in [1.807, 2.05) is 19.1 Å². The largest absolute Gasteiger partial charge is 0.396 e. The van der Waals surface area contributed by atoms with Gasteiger partial charge in [0.15, 0.2) is 10.9 Å². The minimum atomic E-state index is -0.894. The molecule has 30 heavy (non-hydrogen) atoms. The molecule has 4 aliphatic rings. The third-order valence-corrected chi connectivity index (χ3v) is 10.4. The molecule has 0 aliphatic heterocycles. The molecule has 4 aliphatic carbocycles. The number of thioether (sulfide) groups is 1. The molecule has 0 spiro atoms. The maximum Gasteiger partial charge on any atom is 0.188 e. The summed E-state index contributed by atoms with van der Waals surface area (Å²) < 4.78 is 0. The molecule has 0 saturated heterocycles. The van der Waals surface area contributed by atoms with Crippen LogP contribution in [-0.4, -0.2) is 38.6 Å². The molecular weight excluding hydrogens is 396 g/mol. The fourth-order valence-corrected chi connectivity index (χ4v) is 8.44. The zero-order valence-corrected chi connectivity index (χ0v) is 19.3. The molecule has 166 valence electrons. The minimum absolute atomic E-state index is 0.0197. The molecule has 2 N–H and O–H groups in total. The summed E-state index contributed by atoms with van der Waals surface area (Å²) in [5.74, 6) is 1.19. The van der Waals surface area contributed by atoms with Gasteiger partial charge in [-0.2, -0.15) is 0 Å². The Bertz CT molecular complexity index is 788. The van der Waals surface area contributed by atoms with E-state index in [0.29, 0.717) is 37.5 Å². The third-order valence-electron chi connectivity index (χ3n) is 9.07. The molecule has 0 unspecified atom stereocenters. The van der Waals surface area contributed by atoms with Crippen LogP contribution in [-0.2, 0) is 9.59 Å². The Morgan fingerprint density at radius 1 is 1.30 bits per heavy atom. The number of aliphatic hydroxyl groups excluding tert-OH is 1. The number of fused-ring (bicyclic) bond motifs is 5. The number of rotatable bonds is 5. The SMILES string of the molecule is CCC(=O)S[C@@H]1CC2=CC(=O)CC[C@]2(C)[C@H]2CC[C@@]3(C)[C@@H](C=C[C@@]3(O)CCCO)[C@H]12. The lowest BCUT2D eigenvalue weighted by atomic mass is 9.46. The van der Waals surface area contributed by atoms with Gasteiger partial charge in [0.2, 0.25) is 0 Å². The lowest BCUT2D eigenvalue weighted by Gasteiger charge is -2.61. The highest BCUT2D eigenvalue weighted by atomic mass is 32.2. The van der Waals surface area contributed by atoms with Gasteiger partial charge in [-0.25, -0.2) is 0 Å². The maximum absolute atomic E-state index is 12.5. The molecule has 5 heteroatoms. The van der Waals surface area contributed by atoms with Crippen LogP contribution < -0.4 is 0 Å². The highest BCUT2D eigenvalue weighted by Gasteiger charge is 2.63. The Balaban J connectivity index is 1.73. The van der Waals surface area contributed by atoms with Crippen molar-refractivity contribution in [1.29, 1.82) is 0 Å². The quantitative estimate of drug-likeness (QED) is 0.628. The van der Waals surface area contributed by atoms with E-state index < -0.39 is 5.60 Å². The van der Waals surface area contributed by atoms with Gasteiger partial charge in [-0.3, -0.25) is 9.59 Å². The number of carbonyl (C=O) groups excluding carboxylic acids is 2. The molecule has 0 heterocycles. The van der Waals surface area contributed by atoms with Crippen molar-refractivity contribution in [2.24, 2.45) is 28.6 Å². The number of aliphatic hydroxyl groups is 2. The summed E-state index contributed by atoms with van der Waals surface area (Å²) in [6, 6.07) is 0. The fraction of sp³-hybridized carbons (Fsp3) is 0.760. The first-order valence-electron chi connectivity index (χ1n) is 11.6. The summed E-state index contributed by atoms with van der Waals surface area (Å²) in [6.07, 6.45) is 12.1. The van der Waals surface area contributed by atoms with Gasteiger partial charge in [0, 0.05) is 30.1 Å². The molecule has 2 saturated carbocycles. The van der Waals surface area contributed by atoms with Gasteiger partial charge in [0.1, 0.15) is 0 Å². The van der Waals surface area contributed by atoms with Crippen LogP contribution in [0.4, 0.5) is 0 Å². The van der Waals surface area contributed by atoms with Gasteiger partial charge in [-0.1, -0.05) is 50.3 Å². The maximum atomic E-state index is 12.5. The van der Waals surface area contributed by atoms with Crippen molar-refractivity contribution >= 4 is 22.7 Å². The molecular formula is C25H36O4S. The number of hydrogen-bond acceptors (Lipinski definition) is 5. The number of carbonyl (C=O) groups is 2. The van der Waals surface area contributed by atoms with E-state index in [9.17, 15) is 19.8 Å². The van der Waals surface area contributed by atoms with Crippen LogP contribution in [0.15, 0.2) is 23.8 Å². The van der Waals surface area contributed by atoms with Crippen molar-refractivity contribution in [3.63, 3.8) is 0 Å². The lowest BCUT2D eigenvalue weighted by Crippen LogP contribution is -2.58. The minimum Gasteiger partial charge on any atom is -0.396 e. The number of allylic oxidation sites excluding steroid dienone is 3. The van der Waals surface area contributed by atoms with Gasteiger partial charge >= 0.3 is 0 Å². The van der Waals surface area contributed by atoms with Crippen molar-refractivity contribution < 1.29 is 19.8 Å². The highest BCUT2D eigenvalue weighted by Crippen LogP contribution is 2.67. The van der Waals surface area contributed by atoms with Crippen molar-refractivity contribution in [2.45, 2.75) is 83.0 Å². The summed E-state index contributed by atoms with van der Waals surface area (Å²) in [5, 5.41) is 21.3. The second-order valence-corrected chi connectivity index (χ2v) is 11.7. The first kappa shape index (κ1) is 22.3. The van der Waals surface area contributed by atoms with Crippen molar-refractivity contribution in [2.75, 3.05) is 6.61 Å². The van der Waals surface area contributed by atoms with E-state index in [4.69, 9.17) is 0 Å². The van der Waals surface area contributed by atoms with Crippen LogP contribution in [0.25, 0.3) is 0 Å². The molecule has 2 fully saturated rings. The van der Waals surface area contributed by atoms with Crippen molar-refractivity contribution in [3.05, 3.63) is 23.8 Å². The van der Waals surface area contributed by atoms with Crippen molar-refractivity contribution in [1.82, 2.24) is 0 Å². The van der Waals surface area contributed by atoms with Crippen LogP contribution in [0.5, 0.6) is 0 Å². The standard InChI is InChI=1S/C25H36O4S/c1-4-21(28)30-20-15-16-14-17(27)6-10-23(16,2)18-7-11-24(3)19(22(18)20)8-12-25(24,29)9-5-13-26/h8,12,14,18-20,22,26,29H,4-7,9-11,13,15H2,1-3H3/t18-,19-,20+,22+,23-,24-,25-/m0/s1. The van der Waals surface area contributed by atoms with Gasteiger partial charge in [0.05, 0.1) is 5.60 Å². The Morgan fingerprint density at radius 2 is 2.07 bits per heavy atom. The molecule has 0 radical (unpaired) electrons. The average molecular weight is 433 g/mol. The molecule has 0 aromatic rings. The van der Waals surface area contributed by atoms with E-state index >= 15 is 0 Å². The zero-order chi connectivity index (χ0) is 21.7. The summed E-state index contributed by atoms with van der Waals surface area (Å²) in [6.45, 7) is 6.56. The molecule has 0 bridgehead atoms. The number of ketones is 1. The average Bonchev–Trinajstić information content (AvgIpc) is 2.98. The summed E-state index contributed by atoms with van der Waals surface area (Å²) in [5.41, 5.74) is 0.114. The Hall–Kier alpha value is -0.910. The topological polar surface area (TPSA) is 74.6 Å². The van der Waals surface area contributed by atoms with E-state index in [0.717, 1.165) is 25.7 Å². The third kappa shape index (κ3) is 3.27. The summed E-state index contributed by atoms with van der Waals surface area (Å²) in [4.78, 5) is 24.7. The molecule has 4 rings (SSSR count). The molecule has 7 atom stereocenters. The predicted octanol–water partition coefficient (Wildman–Crippen LogP) is 4.45. The van der Waals surface area contributed by atoms with Crippen LogP contribution in [0.3, 0.4) is 0 Å². The predicted molar refractivity (Wildman–Crippen MR) is 120 cm³/mol. The highest BCUT2D eigenvalue weighted by molar-refractivity contribution is 8.14. The monoisotopic (exact) mass is 432 g/mol. The van der Waals surface area contributed by atoms with Crippen LogP contribution in [0.1, 0.15) is 72.1 Å². The van der Waals surface area contributed by atoms with Crippen LogP contribution in [0, 0.1) is 28.6 Å². The van der Waals surface area contributed by atoms with E-state index in [2.05, 4.69) is 19.9 Å². The van der Waals surface area contributed by atoms with Gasteiger partial charge < -0.3 is 10.2 Å². The zero-order valence-electron chi connectivity index (χ0n) is 18.5. The normalized spacial score (nSPS) is 44.8. The summed E-state index contributed by atoms with van der Waals surface area (Å²) >= 11 is 1.48. The summed E-state index contributed by atoms with van der Waals surface area (Å²) in [7, 11) is 0. The second kappa shape index (κ2) is 7.90. The Kier molecular flexibility index (Phi) is 5.87. The molecule has 4 nitrogen and oxygen atoms in total. The van der Waals surface area contributed by atoms with Gasteiger partial charge in [-0.05, 0) is 67.8 Å². The first-order valence-corrected chi connectivity index (χ1v) is 12.5. The van der Waals surface area contributed by atoms with Crippen LogP contribution in [0.2, 0.25) is 0 Å². The van der Waals surface area contributed by atoms with E-state index in [1.54, 1.807) is 0 Å². The number of hydrogen-bond donors (Lipinski definition) is 2. The van der Waals surface area contributed by atoms with Crippen LogP contribution >= 0.6 is 11.8 Å². The van der Waals surface area contributed by atoms with Gasteiger partial charge in [-0.15, -0.1) is 0 Å². The van der Waals surface area contributed by atoms with E-state index in [-0.39, 0.29) is 39.5 Å². The smallest absolute Gasteiger partial charge is 0.188 e. The molecule has 0 aromatic carbocycles. The lowest BCUT2D eigenvalue weighted by molar-refractivity contribution is -0.123. The molecule has 0 amide bonds. The molecule has 0 aromatic heterocycles. The first-order chi connectivity index (χ1) is 14.2.